The van der Waals surface area contributed by atoms with Crippen molar-refractivity contribution >= 4 is 21.6 Å². The van der Waals surface area contributed by atoms with Gasteiger partial charge in [0.15, 0.2) is 0 Å². The van der Waals surface area contributed by atoms with E-state index in [1.165, 1.54) is 0 Å². The fourth-order valence-corrected chi connectivity index (χ4v) is 3.66. The second kappa shape index (κ2) is 7.59. The van der Waals surface area contributed by atoms with Crippen molar-refractivity contribution in [3.63, 3.8) is 0 Å². The summed E-state index contributed by atoms with van der Waals surface area (Å²) in [6.07, 6.45) is 0.0679. The van der Waals surface area contributed by atoms with E-state index >= 15 is 0 Å². The second-order valence-electron chi connectivity index (χ2n) is 5.78. The van der Waals surface area contributed by atoms with Crippen molar-refractivity contribution in [2.75, 3.05) is 11.9 Å². The molecule has 128 valence electrons. The summed E-state index contributed by atoms with van der Waals surface area (Å²) in [4.78, 5) is 12.2. The van der Waals surface area contributed by atoms with Crippen molar-refractivity contribution in [1.82, 2.24) is 4.72 Å². The van der Waals surface area contributed by atoms with Gasteiger partial charge in [0.25, 0.3) is 0 Å². The number of aryl methyl sites for hydroxylation is 3. The lowest BCUT2D eigenvalue weighted by molar-refractivity contribution is -0.116. The van der Waals surface area contributed by atoms with Crippen LogP contribution in [0.2, 0.25) is 0 Å². The molecule has 0 unspecified atom stereocenters. The number of sulfonamides is 1. The minimum atomic E-state index is -3.62. The van der Waals surface area contributed by atoms with Crippen LogP contribution in [0.4, 0.5) is 5.69 Å². The van der Waals surface area contributed by atoms with Gasteiger partial charge in [-0.05, 0) is 49.6 Å². The van der Waals surface area contributed by atoms with Crippen LogP contribution in [0.1, 0.15) is 23.1 Å². The lowest BCUT2D eigenvalue weighted by Crippen LogP contribution is -2.28. The van der Waals surface area contributed by atoms with Crippen LogP contribution in [-0.2, 0) is 14.8 Å². The minimum absolute atomic E-state index is 0.0490. The van der Waals surface area contributed by atoms with Crippen molar-refractivity contribution in [1.29, 1.82) is 0 Å². The van der Waals surface area contributed by atoms with Gasteiger partial charge in [0.1, 0.15) is 0 Å². The Kier molecular flexibility index (Phi) is 5.75. The number of rotatable bonds is 6. The molecule has 0 heterocycles. The molecular weight excluding hydrogens is 324 g/mol. The highest BCUT2D eigenvalue weighted by Gasteiger charge is 2.17. The van der Waals surface area contributed by atoms with Crippen LogP contribution in [0, 0.1) is 20.8 Å². The summed E-state index contributed by atoms with van der Waals surface area (Å²) >= 11 is 0. The van der Waals surface area contributed by atoms with Gasteiger partial charge in [-0.1, -0.05) is 30.3 Å². The van der Waals surface area contributed by atoms with E-state index in [1.54, 1.807) is 19.1 Å². The van der Waals surface area contributed by atoms with Crippen LogP contribution in [0.3, 0.4) is 0 Å². The average molecular weight is 346 g/mol. The molecule has 0 fully saturated rings. The van der Waals surface area contributed by atoms with Gasteiger partial charge >= 0.3 is 0 Å². The Labute approximate surface area is 143 Å². The third-order valence-corrected chi connectivity index (χ3v) is 5.30. The predicted molar refractivity (Wildman–Crippen MR) is 95.5 cm³/mol. The number of anilines is 1. The van der Waals surface area contributed by atoms with E-state index in [2.05, 4.69) is 10.0 Å². The van der Waals surface area contributed by atoms with Crippen LogP contribution in [0.15, 0.2) is 47.4 Å². The topological polar surface area (TPSA) is 75.3 Å². The predicted octanol–water partition coefficient (Wildman–Crippen LogP) is 2.92. The highest BCUT2D eigenvalue weighted by molar-refractivity contribution is 7.89. The smallest absolute Gasteiger partial charge is 0.240 e. The minimum Gasteiger partial charge on any atom is -0.326 e. The van der Waals surface area contributed by atoms with E-state index in [1.807, 2.05) is 44.2 Å². The molecule has 5 nitrogen and oxygen atoms in total. The summed E-state index contributed by atoms with van der Waals surface area (Å²) in [5.41, 5.74) is 3.25. The van der Waals surface area contributed by atoms with Gasteiger partial charge in [-0.3, -0.25) is 4.79 Å². The summed E-state index contributed by atoms with van der Waals surface area (Å²) in [6, 6.07) is 12.7. The van der Waals surface area contributed by atoms with Crippen LogP contribution in [-0.4, -0.2) is 20.9 Å². The highest BCUT2D eigenvalue weighted by Crippen LogP contribution is 2.16. The molecule has 6 heteroatoms. The number of hydrogen-bond donors (Lipinski definition) is 2. The molecule has 2 aromatic rings. The Balaban J connectivity index is 1.94. The fraction of sp³-hybridized carbons (Fsp3) is 0.278. The van der Waals surface area contributed by atoms with E-state index in [-0.39, 0.29) is 23.8 Å². The Morgan fingerprint density at radius 3 is 2.42 bits per heavy atom. The number of amides is 1. The maximum absolute atomic E-state index is 12.4. The highest BCUT2D eigenvalue weighted by atomic mass is 32.2. The molecular formula is C18H22N2O3S. The number of benzene rings is 2. The summed E-state index contributed by atoms with van der Waals surface area (Å²) in [7, 11) is -3.62. The van der Waals surface area contributed by atoms with Crippen molar-refractivity contribution in [3.05, 3.63) is 59.2 Å². The first-order valence-corrected chi connectivity index (χ1v) is 9.20. The number of hydrogen-bond acceptors (Lipinski definition) is 3. The van der Waals surface area contributed by atoms with Crippen LogP contribution in [0.5, 0.6) is 0 Å². The number of para-hydroxylation sites is 1. The molecule has 1 amide bonds. The van der Waals surface area contributed by atoms with Crippen molar-refractivity contribution < 1.29 is 13.2 Å². The van der Waals surface area contributed by atoms with E-state index in [9.17, 15) is 13.2 Å². The summed E-state index contributed by atoms with van der Waals surface area (Å²) in [5, 5.41) is 2.78. The number of nitrogens with one attached hydrogen (secondary N) is 2. The monoisotopic (exact) mass is 346 g/mol. The first kappa shape index (κ1) is 18.2. The van der Waals surface area contributed by atoms with E-state index < -0.39 is 10.0 Å². The molecule has 0 saturated heterocycles. The van der Waals surface area contributed by atoms with Crippen molar-refractivity contribution in [2.24, 2.45) is 0 Å². The van der Waals surface area contributed by atoms with Crippen LogP contribution >= 0.6 is 0 Å². The lowest BCUT2D eigenvalue weighted by atomic mass is 10.2. The lowest BCUT2D eigenvalue weighted by Gasteiger charge is -2.11. The second-order valence-corrected chi connectivity index (χ2v) is 7.52. The van der Waals surface area contributed by atoms with E-state index in [0.29, 0.717) is 5.56 Å². The molecule has 0 saturated carbocycles. The molecule has 2 N–H and O–H groups in total. The van der Waals surface area contributed by atoms with Gasteiger partial charge < -0.3 is 5.32 Å². The average Bonchev–Trinajstić information content (AvgIpc) is 2.51. The summed E-state index contributed by atoms with van der Waals surface area (Å²) < 4.78 is 27.2. The van der Waals surface area contributed by atoms with E-state index in [4.69, 9.17) is 0 Å². The molecule has 0 radical (unpaired) electrons. The molecule has 2 aromatic carbocycles. The maximum atomic E-state index is 12.4. The Morgan fingerprint density at radius 2 is 1.71 bits per heavy atom. The third kappa shape index (κ3) is 4.66. The zero-order chi connectivity index (χ0) is 17.7. The van der Waals surface area contributed by atoms with Gasteiger partial charge in [-0.2, -0.15) is 0 Å². The van der Waals surface area contributed by atoms with Gasteiger partial charge in [0, 0.05) is 18.7 Å². The van der Waals surface area contributed by atoms with Crippen LogP contribution < -0.4 is 10.0 Å². The third-order valence-electron chi connectivity index (χ3n) is 3.70. The Bertz CT molecular complexity index is 845. The molecule has 2 rings (SSSR count). The van der Waals surface area contributed by atoms with Gasteiger partial charge in [-0.25, -0.2) is 13.1 Å². The summed E-state index contributed by atoms with van der Waals surface area (Å²) in [6.45, 7) is 5.54. The fourth-order valence-electron chi connectivity index (χ4n) is 2.30. The maximum Gasteiger partial charge on any atom is 0.240 e. The molecule has 0 atom stereocenters. The largest absolute Gasteiger partial charge is 0.326 e. The molecule has 0 aromatic heterocycles. The normalized spacial score (nSPS) is 11.3. The zero-order valence-electron chi connectivity index (χ0n) is 14.1. The molecule has 0 spiro atoms. The Morgan fingerprint density at radius 1 is 1.00 bits per heavy atom. The van der Waals surface area contributed by atoms with Crippen molar-refractivity contribution in [2.45, 2.75) is 32.1 Å². The van der Waals surface area contributed by atoms with Gasteiger partial charge in [0.2, 0.25) is 15.9 Å². The number of carbonyl (C=O) groups excluding carboxylic acids is 1. The molecule has 0 aliphatic carbocycles. The molecule has 0 bridgehead atoms. The molecule has 0 aliphatic heterocycles. The quantitative estimate of drug-likeness (QED) is 0.844. The van der Waals surface area contributed by atoms with Gasteiger partial charge in [-0.15, -0.1) is 0 Å². The molecule has 24 heavy (non-hydrogen) atoms. The standard InChI is InChI=1S/C18H22N2O3S/c1-13-8-9-15(3)17(12-13)24(22,23)19-11-10-18(21)20-16-7-5-4-6-14(16)2/h4-9,12,19H,10-11H2,1-3H3,(H,20,21). The van der Waals surface area contributed by atoms with E-state index in [0.717, 1.165) is 16.8 Å². The van der Waals surface area contributed by atoms with Crippen molar-refractivity contribution in [3.8, 4) is 0 Å². The molecule has 0 aliphatic rings. The number of carbonyl (C=O) groups is 1. The SMILES string of the molecule is Cc1ccc(C)c(S(=O)(=O)NCCC(=O)Nc2ccccc2C)c1. The summed E-state index contributed by atoms with van der Waals surface area (Å²) in [5.74, 6) is -0.229. The first-order valence-electron chi connectivity index (χ1n) is 7.72. The Hall–Kier alpha value is -2.18. The first-order chi connectivity index (χ1) is 11.3. The van der Waals surface area contributed by atoms with Crippen LogP contribution in [0.25, 0.3) is 0 Å². The van der Waals surface area contributed by atoms with Gasteiger partial charge in [0.05, 0.1) is 4.90 Å². The zero-order valence-corrected chi connectivity index (χ0v) is 14.9.